The highest BCUT2D eigenvalue weighted by Gasteiger charge is 2.19. The van der Waals surface area contributed by atoms with Gasteiger partial charge in [-0.25, -0.2) is 23.1 Å². The summed E-state index contributed by atoms with van der Waals surface area (Å²) in [5.41, 5.74) is 0.796. The van der Waals surface area contributed by atoms with Gasteiger partial charge in [-0.05, 0) is 30.3 Å². The molecule has 0 bridgehead atoms. The van der Waals surface area contributed by atoms with Gasteiger partial charge in [0.25, 0.3) is 0 Å². The van der Waals surface area contributed by atoms with E-state index in [1.807, 2.05) is 0 Å². The van der Waals surface area contributed by atoms with Crippen LogP contribution in [0.15, 0.2) is 54.9 Å². The number of hydrogen-bond acceptors (Lipinski definition) is 4. The number of halogens is 3. The highest BCUT2D eigenvalue weighted by Crippen LogP contribution is 2.34. The van der Waals surface area contributed by atoms with Crippen molar-refractivity contribution in [2.45, 2.75) is 0 Å². The number of fused-ring (bicyclic) bond motifs is 1. The Balaban J connectivity index is 1.97. The van der Waals surface area contributed by atoms with E-state index in [2.05, 4.69) is 20.3 Å². The van der Waals surface area contributed by atoms with Crippen molar-refractivity contribution in [3.63, 3.8) is 0 Å². The third-order valence-electron chi connectivity index (χ3n) is 4.20. The van der Waals surface area contributed by atoms with Gasteiger partial charge in [-0.1, -0.05) is 12.1 Å². The van der Waals surface area contributed by atoms with Crippen LogP contribution in [0.25, 0.3) is 33.4 Å². The molecule has 2 heterocycles. The molecule has 0 amide bonds. The van der Waals surface area contributed by atoms with Crippen molar-refractivity contribution < 1.29 is 13.2 Å². The number of nitrogens with one attached hydrogen (secondary N) is 1. The number of rotatable bonds is 3. The molecule has 0 saturated carbocycles. The summed E-state index contributed by atoms with van der Waals surface area (Å²) in [4.78, 5) is 12.8. The first-order valence-corrected chi connectivity index (χ1v) is 8.13. The molecule has 0 aliphatic heterocycles. The van der Waals surface area contributed by atoms with Crippen LogP contribution in [0, 0.1) is 17.5 Å². The molecule has 0 spiro atoms. The summed E-state index contributed by atoms with van der Waals surface area (Å²) in [6.45, 7) is 0. The Hall–Kier alpha value is -3.48. The van der Waals surface area contributed by atoms with Crippen molar-refractivity contribution in [1.82, 2.24) is 15.0 Å². The second kappa shape index (κ2) is 6.68. The normalized spacial score (nSPS) is 11.0. The largest absolute Gasteiger partial charge is 0.372 e. The molecule has 27 heavy (non-hydrogen) atoms. The molecule has 7 heteroatoms. The summed E-state index contributed by atoms with van der Waals surface area (Å²) in [5.74, 6) is -2.24. The molecule has 0 saturated heterocycles. The zero-order chi connectivity index (χ0) is 19.0. The van der Waals surface area contributed by atoms with E-state index in [1.54, 1.807) is 37.6 Å². The van der Waals surface area contributed by atoms with Gasteiger partial charge < -0.3 is 5.32 Å². The summed E-state index contributed by atoms with van der Waals surface area (Å²) >= 11 is 0. The standard InChI is InChI=1S/C20H13F3N4/c1-24-20-16-15(26-19(27-20)11-4-3-9-25-10-11)8-7-13(18(16)23)12-5-2-6-14(21)17(12)22/h2-10H,1H3,(H,24,26,27). The fourth-order valence-electron chi connectivity index (χ4n) is 2.91. The van der Waals surface area contributed by atoms with Gasteiger partial charge in [0, 0.05) is 36.1 Å². The molecule has 4 nitrogen and oxygen atoms in total. The summed E-state index contributed by atoms with van der Waals surface area (Å²) in [5, 5.41) is 2.95. The average Bonchev–Trinajstić information content (AvgIpc) is 2.70. The zero-order valence-electron chi connectivity index (χ0n) is 14.2. The monoisotopic (exact) mass is 366 g/mol. The Morgan fingerprint density at radius 3 is 2.41 bits per heavy atom. The van der Waals surface area contributed by atoms with Gasteiger partial charge in [-0.15, -0.1) is 0 Å². The van der Waals surface area contributed by atoms with Crippen molar-refractivity contribution in [3.8, 4) is 22.5 Å². The lowest BCUT2D eigenvalue weighted by Crippen LogP contribution is -2.02. The van der Waals surface area contributed by atoms with E-state index in [0.29, 0.717) is 16.9 Å². The van der Waals surface area contributed by atoms with E-state index in [0.717, 1.165) is 6.07 Å². The SMILES string of the molecule is CNc1nc(-c2cccnc2)nc2ccc(-c3cccc(F)c3F)c(F)c12. The third-order valence-corrected chi connectivity index (χ3v) is 4.20. The molecule has 2 aromatic heterocycles. The van der Waals surface area contributed by atoms with Crippen LogP contribution in [0.3, 0.4) is 0 Å². The number of benzene rings is 2. The van der Waals surface area contributed by atoms with Crippen molar-refractivity contribution in [2.24, 2.45) is 0 Å². The minimum Gasteiger partial charge on any atom is -0.372 e. The molecule has 0 aliphatic rings. The van der Waals surface area contributed by atoms with Crippen molar-refractivity contribution in [3.05, 3.63) is 72.3 Å². The van der Waals surface area contributed by atoms with Crippen LogP contribution >= 0.6 is 0 Å². The maximum atomic E-state index is 15.2. The van der Waals surface area contributed by atoms with Crippen molar-refractivity contribution in [2.75, 3.05) is 12.4 Å². The van der Waals surface area contributed by atoms with Gasteiger partial charge in [0.15, 0.2) is 17.5 Å². The maximum absolute atomic E-state index is 15.2. The Bertz CT molecular complexity index is 1150. The Kier molecular flexibility index (Phi) is 4.19. The van der Waals surface area contributed by atoms with Crippen LogP contribution in [-0.4, -0.2) is 22.0 Å². The number of pyridine rings is 1. The lowest BCUT2D eigenvalue weighted by molar-refractivity contribution is 0.510. The fraction of sp³-hybridized carbons (Fsp3) is 0.0500. The number of hydrogen-bond donors (Lipinski definition) is 1. The molecule has 0 unspecified atom stereocenters. The molecule has 134 valence electrons. The van der Waals surface area contributed by atoms with E-state index in [1.165, 1.54) is 18.2 Å². The smallest absolute Gasteiger partial charge is 0.166 e. The van der Waals surface area contributed by atoms with Crippen LogP contribution in [0.5, 0.6) is 0 Å². The van der Waals surface area contributed by atoms with Gasteiger partial charge in [-0.3, -0.25) is 4.98 Å². The molecular formula is C20H13F3N4. The predicted octanol–water partition coefficient (Wildman–Crippen LogP) is 4.82. The van der Waals surface area contributed by atoms with Crippen LogP contribution in [0.2, 0.25) is 0 Å². The van der Waals surface area contributed by atoms with Gasteiger partial charge in [0.1, 0.15) is 11.6 Å². The molecule has 0 aliphatic carbocycles. The number of anilines is 1. The van der Waals surface area contributed by atoms with Gasteiger partial charge in [-0.2, -0.15) is 0 Å². The summed E-state index contributed by atoms with van der Waals surface area (Å²) in [7, 11) is 1.60. The van der Waals surface area contributed by atoms with Crippen LogP contribution in [0.4, 0.5) is 19.0 Å². The van der Waals surface area contributed by atoms with E-state index in [-0.39, 0.29) is 22.3 Å². The van der Waals surface area contributed by atoms with Crippen molar-refractivity contribution in [1.29, 1.82) is 0 Å². The fourth-order valence-corrected chi connectivity index (χ4v) is 2.91. The first-order chi connectivity index (χ1) is 13.1. The van der Waals surface area contributed by atoms with Crippen molar-refractivity contribution >= 4 is 16.7 Å². The first kappa shape index (κ1) is 17.0. The minimum atomic E-state index is -1.10. The van der Waals surface area contributed by atoms with Gasteiger partial charge >= 0.3 is 0 Å². The average molecular weight is 366 g/mol. The van der Waals surface area contributed by atoms with Gasteiger partial charge in [0.2, 0.25) is 0 Å². The second-order valence-electron chi connectivity index (χ2n) is 5.81. The molecule has 0 atom stereocenters. The highest BCUT2D eigenvalue weighted by molar-refractivity contribution is 5.94. The quantitative estimate of drug-likeness (QED) is 0.565. The van der Waals surface area contributed by atoms with E-state index < -0.39 is 17.5 Å². The predicted molar refractivity (Wildman–Crippen MR) is 97.6 cm³/mol. The Morgan fingerprint density at radius 1 is 0.852 bits per heavy atom. The molecular weight excluding hydrogens is 353 g/mol. The maximum Gasteiger partial charge on any atom is 0.166 e. The Labute approximate surface area is 152 Å². The van der Waals surface area contributed by atoms with Crippen LogP contribution in [0.1, 0.15) is 0 Å². The molecule has 0 fully saturated rings. The first-order valence-electron chi connectivity index (χ1n) is 8.13. The van der Waals surface area contributed by atoms with E-state index in [9.17, 15) is 8.78 Å². The van der Waals surface area contributed by atoms with Crippen LogP contribution < -0.4 is 5.32 Å². The van der Waals surface area contributed by atoms with E-state index >= 15 is 4.39 Å². The van der Waals surface area contributed by atoms with Crippen LogP contribution in [-0.2, 0) is 0 Å². The number of aromatic nitrogens is 3. The molecule has 4 rings (SSSR count). The molecule has 2 aromatic carbocycles. The lowest BCUT2D eigenvalue weighted by atomic mass is 10.0. The topological polar surface area (TPSA) is 50.7 Å². The zero-order valence-corrected chi connectivity index (χ0v) is 14.2. The second-order valence-corrected chi connectivity index (χ2v) is 5.81. The number of nitrogens with zero attached hydrogens (tertiary/aromatic N) is 3. The Morgan fingerprint density at radius 2 is 1.67 bits per heavy atom. The summed E-state index contributed by atoms with van der Waals surface area (Å²) in [6, 6.07) is 10.1. The minimum absolute atomic E-state index is 0.0614. The summed E-state index contributed by atoms with van der Waals surface area (Å²) in [6.07, 6.45) is 3.23. The third kappa shape index (κ3) is 2.87. The molecule has 4 aromatic rings. The molecule has 0 radical (unpaired) electrons. The van der Waals surface area contributed by atoms with Gasteiger partial charge in [0.05, 0.1) is 10.9 Å². The highest BCUT2D eigenvalue weighted by atomic mass is 19.2. The lowest BCUT2D eigenvalue weighted by Gasteiger charge is -2.12. The van der Waals surface area contributed by atoms with E-state index in [4.69, 9.17) is 0 Å². The molecule has 1 N–H and O–H groups in total. The summed E-state index contributed by atoms with van der Waals surface area (Å²) < 4.78 is 42.9.